The highest BCUT2D eigenvalue weighted by Gasteiger charge is 2.40. The van der Waals surface area contributed by atoms with Gasteiger partial charge in [0.15, 0.2) is 11.4 Å². The number of nitrogens with zero attached hydrogens (tertiary/aromatic N) is 1. The first-order valence-corrected chi connectivity index (χ1v) is 9.78. The molecule has 0 saturated carbocycles. The van der Waals surface area contributed by atoms with Gasteiger partial charge >= 0.3 is 10.2 Å². The van der Waals surface area contributed by atoms with Crippen LogP contribution in [0, 0.1) is 10.4 Å². The first-order valence-electron chi connectivity index (χ1n) is 8.09. The van der Waals surface area contributed by atoms with Crippen LogP contribution in [0.25, 0.3) is 17.3 Å². The molecule has 8 nitrogen and oxygen atoms in total. The molecule has 0 amide bonds. The van der Waals surface area contributed by atoms with E-state index < -0.39 is 10.5 Å². The van der Waals surface area contributed by atoms with Gasteiger partial charge in [0.2, 0.25) is 5.69 Å². The Balaban J connectivity index is 0.00000240. The van der Waals surface area contributed by atoms with E-state index in [-0.39, 0.29) is 34.3 Å². The normalized spacial score (nSPS) is 16.4. The summed E-state index contributed by atoms with van der Waals surface area (Å²) < 4.78 is 2.39. The van der Waals surface area contributed by atoms with E-state index in [4.69, 9.17) is 10.4 Å². The van der Waals surface area contributed by atoms with E-state index in [2.05, 4.69) is 0 Å². The molecular formula is C18H15BrN3O5S2+. The van der Waals surface area contributed by atoms with Crippen LogP contribution in [-0.2, 0) is 0 Å². The van der Waals surface area contributed by atoms with Crippen molar-refractivity contribution >= 4 is 63.4 Å². The molecule has 4 N–H and O–H groups in total. The fraction of sp³-hybridized carbons (Fsp3) is 0. The Labute approximate surface area is 183 Å². The van der Waals surface area contributed by atoms with Gasteiger partial charge in [0.25, 0.3) is 0 Å². The molecule has 150 valence electrons. The molecule has 0 radical (unpaired) electrons. The number of fused-ring (bicyclic) bond motifs is 1. The summed E-state index contributed by atoms with van der Waals surface area (Å²) in [6.45, 7) is 0. The van der Waals surface area contributed by atoms with Crippen molar-refractivity contribution in [1.82, 2.24) is 0 Å². The molecule has 0 spiro atoms. The summed E-state index contributed by atoms with van der Waals surface area (Å²) in [7, 11) is 0. The summed E-state index contributed by atoms with van der Waals surface area (Å²) in [6, 6.07) is 12.8. The lowest BCUT2D eigenvalue weighted by atomic mass is 10.1. The molecule has 4 rings (SSSR count). The minimum absolute atomic E-state index is 0. The lowest BCUT2D eigenvalue weighted by molar-refractivity contribution is -0.991. The van der Waals surface area contributed by atoms with Gasteiger partial charge in [-0.15, -0.1) is 21.5 Å². The Kier molecular flexibility index (Phi) is 6.63. The Morgan fingerprint density at radius 3 is 2.34 bits per heavy atom. The number of quaternary nitrogens is 2. The summed E-state index contributed by atoms with van der Waals surface area (Å²) in [4.78, 5) is 13.4. The van der Waals surface area contributed by atoms with Crippen LogP contribution >= 0.6 is 40.1 Å². The molecule has 0 saturated heterocycles. The Hall–Kier alpha value is -1.93. The van der Waals surface area contributed by atoms with Crippen LogP contribution in [0.5, 0.6) is 0 Å². The van der Waals surface area contributed by atoms with Crippen molar-refractivity contribution < 1.29 is 30.2 Å². The van der Waals surface area contributed by atoms with Gasteiger partial charge in [-0.3, -0.25) is 0 Å². The molecule has 1 aliphatic rings. The van der Waals surface area contributed by atoms with Crippen LogP contribution in [-0.4, -0.2) is 16.3 Å². The Morgan fingerprint density at radius 1 is 1.00 bits per heavy atom. The van der Waals surface area contributed by atoms with Crippen molar-refractivity contribution in [3.05, 3.63) is 74.8 Å². The number of hydrogen-bond acceptors (Lipinski definition) is 7. The van der Waals surface area contributed by atoms with E-state index in [0.29, 0.717) is 16.2 Å². The number of aromatic nitrogens is 1. The topological polar surface area (TPSA) is 116 Å². The number of hydrogen-bond donors (Lipinski definition) is 4. The summed E-state index contributed by atoms with van der Waals surface area (Å²) in [5.41, 5.74) is 2.42. The smallest absolute Gasteiger partial charge is 0.433 e. The number of allylic oxidation sites excluding steroid dienone is 1. The zero-order valence-corrected chi connectivity index (χ0v) is 17.9. The quantitative estimate of drug-likeness (QED) is 0.249. The third-order valence-corrected chi connectivity index (χ3v) is 6.30. The van der Waals surface area contributed by atoms with E-state index in [1.807, 2.05) is 5.38 Å². The minimum Gasteiger partial charge on any atom is -0.595 e. The van der Waals surface area contributed by atoms with E-state index in [1.165, 1.54) is 47.4 Å². The maximum Gasteiger partial charge on any atom is 0.433 e. The maximum atomic E-state index is 12.9. The van der Waals surface area contributed by atoms with Gasteiger partial charge < -0.3 is 10.4 Å². The largest absolute Gasteiger partial charge is 0.595 e. The third-order valence-electron chi connectivity index (χ3n) is 4.16. The predicted octanol–water partition coefficient (Wildman–Crippen LogP) is 1.87. The molecule has 11 heteroatoms. The fourth-order valence-corrected chi connectivity index (χ4v) is 4.99. The number of rotatable bonds is 4. The maximum absolute atomic E-state index is 12.9. The van der Waals surface area contributed by atoms with Crippen molar-refractivity contribution in [2.75, 3.05) is 0 Å². The monoisotopic (exact) mass is 496 g/mol. The molecule has 3 aromatic rings. The Morgan fingerprint density at radius 2 is 1.69 bits per heavy atom. The van der Waals surface area contributed by atoms with Crippen molar-refractivity contribution in [3.63, 3.8) is 0 Å². The third kappa shape index (κ3) is 4.33. The van der Waals surface area contributed by atoms with Gasteiger partial charge in [-0.2, -0.15) is 10.5 Å². The highest BCUT2D eigenvalue weighted by Crippen LogP contribution is 2.38. The van der Waals surface area contributed by atoms with E-state index in [9.17, 15) is 15.2 Å². The van der Waals surface area contributed by atoms with Crippen LogP contribution in [0.1, 0.15) is 10.4 Å². The van der Waals surface area contributed by atoms with E-state index >= 15 is 0 Å². The van der Waals surface area contributed by atoms with Crippen molar-refractivity contribution in [2.24, 2.45) is 0 Å². The molecule has 0 bridgehead atoms. The number of carbonyl (C=O) groups is 1. The van der Waals surface area contributed by atoms with Crippen LogP contribution < -0.4 is 15.0 Å². The number of benzene rings is 2. The standard InChI is InChI=1S/C18H14N3O5S2.BrH/c22-17-16(9-11-2-1-3-14(8-11)21(25)26)28-18-19(17)15(10-27-18)12-4-6-13(7-5-12)20(23)24;/h1-10,20-21,23,25H;1H/q+1;/b16-9+;. The molecule has 0 fully saturated rings. The summed E-state index contributed by atoms with van der Waals surface area (Å²) in [5.74, 6) is -0.195. The SMILES string of the molecule is Br.O=C1/C(=C\c2cccc([NH+]([O-])O)c2)Sc2scc(-c3ccc([NH+]([O-])O)cc3)[n+]21. The van der Waals surface area contributed by atoms with Crippen molar-refractivity contribution in [3.8, 4) is 11.3 Å². The summed E-state index contributed by atoms with van der Waals surface area (Å²) >= 11 is 2.75. The van der Waals surface area contributed by atoms with E-state index in [1.54, 1.807) is 34.9 Å². The summed E-state index contributed by atoms with van der Waals surface area (Å²) in [5, 5.41) is 40.1. The average Bonchev–Trinajstić information content (AvgIpc) is 3.23. The lowest BCUT2D eigenvalue weighted by Crippen LogP contribution is -2.99. The molecule has 1 aliphatic heterocycles. The number of nitrogens with one attached hydrogen (secondary N) is 2. The molecular weight excluding hydrogens is 482 g/mol. The van der Waals surface area contributed by atoms with Crippen LogP contribution in [0.4, 0.5) is 11.4 Å². The fourth-order valence-electron chi connectivity index (χ4n) is 2.80. The first kappa shape index (κ1) is 21.8. The number of carbonyl (C=O) groups excluding carboxylic acids is 1. The second-order valence-corrected chi connectivity index (χ2v) is 8.10. The first-order chi connectivity index (χ1) is 13.4. The summed E-state index contributed by atoms with van der Waals surface area (Å²) in [6.07, 6.45) is 1.68. The van der Waals surface area contributed by atoms with Crippen molar-refractivity contribution in [2.45, 2.75) is 4.34 Å². The highest BCUT2D eigenvalue weighted by atomic mass is 79.9. The van der Waals surface area contributed by atoms with Gasteiger partial charge in [0.05, 0.1) is 5.38 Å². The van der Waals surface area contributed by atoms with Gasteiger partial charge in [-0.05, 0) is 23.8 Å². The predicted molar refractivity (Wildman–Crippen MR) is 113 cm³/mol. The number of thiazole rings is 1. The van der Waals surface area contributed by atoms with E-state index in [0.717, 1.165) is 9.90 Å². The minimum atomic E-state index is -1.02. The molecule has 1 aromatic heterocycles. The second kappa shape index (κ2) is 8.83. The van der Waals surface area contributed by atoms with Gasteiger partial charge in [-0.1, -0.05) is 23.5 Å². The zero-order chi connectivity index (χ0) is 19.8. The number of thioether (sulfide) groups is 1. The van der Waals surface area contributed by atoms with Crippen LogP contribution in [0.15, 0.2) is 63.2 Å². The van der Waals surface area contributed by atoms with Gasteiger partial charge in [-0.25, -0.2) is 15.2 Å². The highest BCUT2D eigenvalue weighted by molar-refractivity contribution is 8.93. The molecule has 29 heavy (non-hydrogen) atoms. The molecule has 2 heterocycles. The molecule has 0 aliphatic carbocycles. The number of halogens is 1. The second-order valence-electron chi connectivity index (χ2n) is 5.95. The lowest BCUT2D eigenvalue weighted by Gasteiger charge is -2.11. The zero-order valence-electron chi connectivity index (χ0n) is 14.6. The van der Waals surface area contributed by atoms with Crippen LogP contribution in [0.2, 0.25) is 0 Å². The molecule has 2 atom stereocenters. The van der Waals surface area contributed by atoms with Crippen LogP contribution in [0.3, 0.4) is 0 Å². The molecule has 2 aromatic carbocycles. The average molecular weight is 497 g/mol. The van der Waals surface area contributed by atoms with Gasteiger partial charge in [0, 0.05) is 41.6 Å². The Bertz CT molecular complexity index is 1080. The molecule has 2 unspecified atom stereocenters. The van der Waals surface area contributed by atoms with Crippen molar-refractivity contribution in [1.29, 1.82) is 0 Å². The van der Waals surface area contributed by atoms with Gasteiger partial charge in [0.1, 0.15) is 4.91 Å².